The molecule has 24 heavy (non-hydrogen) atoms. The van der Waals surface area contributed by atoms with Crippen LogP contribution < -0.4 is 5.73 Å². The van der Waals surface area contributed by atoms with E-state index in [2.05, 4.69) is 18.2 Å². The zero-order chi connectivity index (χ0) is 17.1. The number of likely N-dealkylation sites (tertiary alicyclic amines) is 1. The van der Waals surface area contributed by atoms with Crippen LogP contribution in [0, 0.1) is 13.8 Å². The number of aryl methyl sites for hydroxylation is 2. The zero-order valence-corrected chi connectivity index (χ0v) is 14.5. The van der Waals surface area contributed by atoms with Crippen LogP contribution in [0.5, 0.6) is 0 Å². The molecule has 0 bridgehead atoms. The number of nitrogens with two attached hydrogens (primary N) is 1. The normalized spacial score (nSPS) is 20.9. The topological polar surface area (TPSA) is 46.3 Å². The van der Waals surface area contributed by atoms with Crippen LogP contribution in [0.25, 0.3) is 0 Å². The van der Waals surface area contributed by atoms with Crippen molar-refractivity contribution >= 4 is 5.91 Å². The van der Waals surface area contributed by atoms with E-state index < -0.39 is 0 Å². The molecule has 2 atom stereocenters. The number of rotatable bonds is 3. The molecule has 2 N–H and O–H groups in total. The van der Waals surface area contributed by atoms with Gasteiger partial charge in [-0.3, -0.25) is 4.79 Å². The predicted octanol–water partition coefficient (Wildman–Crippen LogP) is 3.48. The Labute approximate surface area is 144 Å². The molecule has 1 amide bonds. The highest BCUT2D eigenvalue weighted by Gasteiger charge is 2.30. The van der Waals surface area contributed by atoms with E-state index in [0.29, 0.717) is 0 Å². The molecule has 0 saturated carbocycles. The maximum atomic E-state index is 13.1. The number of carbonyl (C=O) groups excluding carboxylic acids is 1. The van der Waals surface area contributed by atoms with Crippen LogP contribution in [0.1, 0.15) is 39.9 Å². The summed E-state index contributed by atoms with van der Waals surface area (Å²) < 4.78 is 0. The second-order valence-corrected chi connectivity index (χ2v) is 7.00. The van der Waals surface area contributed by atoms with Crippen LogP contribution in [-0.4, -0.2) is 29.4 Å². The zero-order valence-electron chi connectivity index (χ0n) is 14.5. The number of carbonyl (C=O) groups is 1. The number of hydrogen-bond donors (Lipinski definition) is 1. The number of hydrogen-bond acceptors (Lipinski definition) is 2. The Morgan fingerprint density at radius 2 is 1.79 bits per heavy atom. The van der Waals surface area contributed by atoms with Crippen LogP contribution in [-0.2, 0) is 6.42 Å². The molecule has 3 heteroatoms. The Morgan fingerprint density at radius 1 is 1.12 bits per heavy atom. The third kappa shape index (κ3) is 3.85. The third-order valence-corrected chi connectivity index (χ3v) is 4.80. The van der Waals surface area contributed by atoms with Crippen molar-refractivity contribution in [2.75, 3.05) is 6.54 Å². The summed E-state index contributed by atoms with van der Waals surface area (Å²) in [4.78, 5) is 15.1. The molecule has 0 aliphatic carbocycles. The van der Waals surface area contributed by atoms with Gasteiger partial charge in [0.25, 0.3) is 5.91 Å². The molecule has 0 aromatic heterocycles. The smallest absolute Gasteiger partial charge is 0.254 e. The van der Waals surface area contributed by atoms with Gasteiger partial charge in [-0.05, 0) is 50.8 Å². The Bertz CT molecular complexity index is 691. The summed E-state index contributed by atoms with van der Waals surface area (Å²) in [5.41, 5.74) is 10.5. The lowest BCUT2D eigenvalue weighted by molar-refractivity contribution is 0.0595. The fourth-order valence-electron chi connectivity index (χ4n) is 3.69. The van der Waals surface area contributed by atoms with E-state index in [1.807, 2.05) is 49.1 Å². The first-order valence-electron chi connectivity index (χ1n) is 8.71. The van der Waals surface area contributed by atoms with Gasteiger partial charge in [-0.15, -0.1) is 0 Å². The molecular formula is C21H26N2O. The van der Waals surface area contributed by atoms with Gasteiger partial charge in [-0.1, -0.05) is 47.5 Å². The van der Waals surface area contributed by atoms with Gasteiger partial charge in [-0.2, -0.15) is 0 Å². The van der Waals surface area contributed by atoms with E-state index in [-0.39, 0.29) is 18.0 Å². The van der Waals surface area contributed by atoms with Gasteiger partial charge in [0, 0.05) is 24.2 Å². The van der Waals surface area contributed by atoms with Crippen LogP contribution >= 0.6 is 0 Å². The first-order valence-corrected chi connectivity index (χ1v) is 8.71. The van der Waals surface area contributed by atoms with E-state index in [4.69, 9.17) is 5.73 Å². The SMILES string of the molecule is Cc1cc(C)cc(C(=O)N2CCC(N)CC2Cc2ccccc2)c1. The molecular weight excluding hydrogens is 296 g/mol. The molecule has 2 aromatic carbocycles. The summed E-state index contributed by atoms with van der Waals surface area (Å²) in [5.74, 6) is 0.134. The fraction of sp³-hybridized carbons (Fsp3) is 0.381. The van der Waals surface area contributed by atoms with E-state index >= 15 is 0 Å². The van der Waals surface area contributed by atoms with Crippen LogP contribution in [0.2, 0.25) is 0 Å². The average molecular weight is 322 g/mol. The molecule has 1 aliphatic heterocycles. The summed E-state index contributed by atoms with van der Waals surface area (Å²) >= 11 is 0. The van der Waals surface area contributed by atoms with Gasteiger partial charge < -0.3 is 10.6 Å². The molecule has 0 spiro atoms. The molecule has 0 radical (unpaired) electrons. The number of piperidine rings is 1. The van der Waals surface area contributed by atoms with Crippen molar-refractivity contribution in [2.45, 2.75) is 45.2 Å². The highest BCUT2D eigenvalue weighted by molar-refractivity contribution is 5.95. The molecule has 2 unspecified atom stereocenters. The Morgan fingerprint density at radius 3 is 2.46 bits per heavy atom. The van der Waals surface area contributed by atoms with Crippen LogP contribution in [0.15, 0.2) is 48.5 Å². The summed E-state index contributed by atoms with van der Waals surface area (Å²) in [7, 11) is 0. The molecule has 1 saturated heterocycles. The minimum atomic E-state index is 0.134. The van der Waals surface area contributed by atoms with Crippen LogP contribution in [0.4, 0.5) is 0 Å². The summed E-state index contributed by atoms with van der Waals surface area (Å²) in [6, 6.07) is 16.8. The monoisotopic (exact) mass is 322 g/mol. The molecule has 1 fully saturated rings. The minimum Gasteiger partial charge on any atom is -0.335 e. The molecule has 3 rings (SSSR count). The van der Waals surface area contributed by atoms with Crippen molar-refractivity contribution in [1.82, 2.24) is 4.90 Å². The lowest BCUT2D eigenvalue weighted by Gasteiger charge is -2.38. The van der Waals surface area contributed by atoms with Gasteiger partial charge >= 0.3 is 0 Å². The van der Waals surface area contributed by atoms with E-state index in [1.165, 1.54) is 5.56 Å². The second kappa shape index (κ2) is 7.18. The molecule has 126 valence electrons. The largest absolute Gasteiger partial charge is 0.335 e. The standard InChI is InChI=1S/C21H26N2O/c1-15-10-16(2)12-18(11-15)21(24)23-9-8-19(22)14-20(23)13-17-6-4-3-5-7-17/h3-7,10-12,19-20H,8-9,13-14,22H2,1-2H3. The highest BCUT2D eigenvalue weighted by Crippen LogP contribution is 2.23. The number of nitrogens with zero attached hydrogens (tertiary/aromatic N) is 1. The van der Waals surface area contributed by atoms with Crippen molar-refractivity contribution in [2.24, 2.45) is 5.73 Å². The predicted molar refractivity (Wildman–Crippen MR) is 98.1 cm³/mol. The van der Waals surface area contributed by atoms with Gasteiger partial charge in [0.15, 0.2) is 0 Å². The first-order chi connectivity index (χ1) is 11.5. The highest BCUT2D eigenvalue weighted by atomic mass is 16.2. The van der Waals surface area contributed by atoms with Crippen LogP contribution in [0.3, 0.4) is 0 Å². The fourth-order valence-corrected chi connectivity index (χ4v) is 3.69. The third-order valence-electron chi connectivity index (χ3n) is 4.80. The molecule has 2 aromatic rings. The Hall–Kier alpha value is -2.13. The van der Waals surface area contributed by atoms with Crippen molar-refractivity contribution in [1.29, 1.82) is 0 Å². The first kappa shape index (κ1) is 16.7. The second-order valence-electron chi connectivity index (χ2n) is 7.00. The molecule has 1 heterocycles. The quantitative estimate of drug-likeness (QED) is 0.940. The summed E-state index contributed by atoms with van der Waals surface area (Å²) in [5, 5.41) is 0. The Kier molecular flexibility index (Phi) is 5.00. The Balaban J connectivity index is 1.84. The summed E-state index contributed by atoms with van der Waals surface area (Å²) in [6.45, 7) is 4.82. The lowest BCUT2D eigenvalue weighted by atomic mass is 9.91. The lowest BCUT2D eigenvalue weighted by Crippen LogP contribution is -2.50. The number of benzene rings is 2. The maximum Gasteiger partial charge on any atom is 0.254 e. The van der Waals surface area contributed by atoms with E-state index in [1.54, 1.807) is 0 Å². The average Bonchev–Trinajstić information content (AvgIpc) is 2.54. The van der Waals surface area contributed by atoms with E-state index in [9.17, 15) is 4.79 Å². The molecule has 3 nitrogen and oxygen atoms in total. The van der Waals surface area contributed by atoms with Crippen molar-refractivity contribution in [3.8, 4) is 0 Å². The number of amides is 1. The van der Waals surface area contributed by atoms with Crippen molar-refractivity contribution < 1.29 is 4.79 Å². The maximum absolute atomic E-state index is 13.1. The van der Waals surface area contributed by atoms with Gasteiger partial charge in [0.05, 0.1) is 0 Å². The summed E-state index contributed by atoms with van der Waals surface area (Å²) in [6.07, 6.45) is 2.61. The van der Waals surface area contributed by atoms with Crippen molar-refractivity contribution in [3.05, 3.63) is 70.8 Å². The van der Waals surface area contributed by atoms with Crippen molar-refractivity contribution in [3.63, 3.8) is 0 Å². The van der Waals surface area contributed by atoms with Gasteiger partial charge in [0.2, 0.25) is 0 Å². The van der Waals surface area contributed by atoms with Gasteiger partial charge in [0.1, 0.15) is 0 Å². The van der Waals surface area contributed by atoms with E-state index in [0.717, 1.165) is 42.5 Å². The molecule has 1 aliphatic rings. The minimum absolute atomic E-state index is 0.134. The van der Waals surface area contributed by atoms with Gasteiger partial charge in [-0.25, -0.2) is 0 Å².